The fourth-order valence-electron chi connectivity index (χ4n) is 1.23. The molecule has 0 saturated heterocycles. The summed E-state index contributed by atoms with van der Waals surface area (Å²) < 4.78 is 0. The maximum Gasteiger partial charge on any atom is 0.201 e. The molecule has 2 aromatic rings. The summed E-state index contributed by atoms with van der Waals surface area (Å²) >= 11 is 5.85. The molecular formula is C10H10ClN3. The molecule has 1 heterocycles. The van der Waals surface area contributed by atoms with Crippen molar-refractivity contribution in [2.75, 3.05) is 11.9 Å². The lowest BCUT2D eigenvalue weighted by Gasteiger charge is -1.94. The van der Waals surface area contributed by atoms with Crippen molar-refractivity contribution in [3.05, 3.63) is 35.9 Å². The van der Waals surface area contributed by atoms with Gasteiger partial charge in [0, 0.05) is 11.6 Å². The van der Waals surface area contributed by atoms with Gasteiger partial charge in [0.05, 0.1) is 11.0 Å². The zero-order valence-electron chi connectivity index (χ0n) is 7.55. The SMILES string of the molecule is C=CCNc1nc2ccc(Cl)cc2[nH]1. The van der Waals surface area contributed by atoms with E-state index in [1.54, 1.807) is 6.08 Å². The smallest absolute Gasteiger partial charge is 0.201 e. The number of rotatable bonds is 3. The summed E-state index contributed by atoms with van der Waals surface area (Å²) in [5, 5.41) is 3.78. The number of anilines is 1. The number of aromatic amines is 1. The summed E-state index contributed by atoms with van der Waals surface area (Å²) in [6.07, 6.45) is 1.78. The first-order valence-corrected chi connectivity index (χ1v) is 4.67. The van der Waals surface area contributed by atoms with Gasteiger partial charge in [0.15, 0.2) is 0 Å². The highest BCUT2D eigenvalue weighted by molar-refractivity contribution is 6.31. The van der Waals surface area contributed by atoms with Gasteiger partial charge in [-0.3, -0.25) is 0 Å². The maximum absolute atomic E-state index is 5.85. The highest BCUT2D eigenvalue weighted by Crippen LogP contribution is 2.18. The molecule has 4 heteroatoms. The van der Waals surface area contributed by atoms with Gasteiger partial charge >= 0.3 is 0 Å². The van der Waals surface area contributed by atoms with Crippen molar-refractivity contribution in [2.45, 2.75) is 0 Å². The van der Waals surface area contributed by atoms with Crippen LogP contribution in [0.3, 0.4) is 0 Å². The Morgan fingerprint density at radius 3 is 3.21 bits per heavy atom. The molecule has 0 atom stereocenters. The Labute approximate surface area is 86.8 Å². The predicted molar refractivity (Wildman–Crippen MR) is 59.8 cm³/mol. The summed E-state index contributed by atoms with van der Waals surface area (Å²) in [6, 6.07) is 5.55. The topological polar surface area (TPSA) is 40.7 Å². The third kappa shape index (κ3) is 1.72. The van der Waals surface area contributed by atoms with E-state index in [1.165, 1.54) is 0 Å². The Morgan fingerprint density at radius 1 is 1.57 bits per heavy atom. The first kappa shape index (κ1) is 9.09. The Kier molecular flexibility index (Phi) is 2.41. The summed E-state index contributed by atoms with van der Waals surface area (Å²) in [5.41, 5.74) is 1.84. The van der Waals surface area contributed by atoms with E-state index in [-0.39, 0.29) is 0 Å². The lowest BCUT2D eigenvalue weighted by molar-refractivity contribution is 1.22. The highest BCUT2D eigenvalue weighted by Gasteiger charge is 2.01. The summed E-state index contributed by atoms with van der Waals surface area (Å²) in [4.78, 5) is 7.44. The van der Waals surface area contributed by atoms with Gasteiger partial charge in [-0.15, -0.1) is 6.58 Å². The molecule has 2 rings (SSSR count). The van der Waals surface area contributed by atoms with E-state index in [0.29, 0.717) is 11.6 Å². The van der Waals surface area contributed by atoms with Gasteiger partial charge in [0.25, 0.3) is 0 Å². The lowest BCUT2D eigenvalue weighted by Crippen LogP contribution is -1.98. The molecule has 2 N–H and O–H groups in total. The molecule has 1 aromatic heterocycles. The van der Waals surface area contributed by atoms with Gasteiger partial charge in [-0.2, -0.15) is 0 Å². The Bertz CT molecular complexity index is 461. The highest BCUT2D eigenvalue weighted by atomic mass is 35.5. The Hall–Kier alpha value is -1.48. The van der Waals surface area contributed by atoms with Gasteiger partial charge in [0.1, 0.15) is 0 Å². The standard InChI is InChI=1S/C10H10ClN3/c1-2-5-12-10-13-8-4-3-7(11)6-9(8)14-10/h2-4,6H,1,5H2,(H2,12,13,14). The second kappa shape index (κ2) is 3.72. The average molecular weight is 208 g/mol. The van der Waals surface area contributed by atoms with Crippen LogP contribution in [-0.2, 0) is 0 Å². The number of fused-ring (bicyclic) bond motifs is 1. The van der Waals surface area contributed by atoms with Crippen molar-refractivity contribution >= 4 is 28.6 Å². The van der Waals surface area contributed by atoms with Crippen molar-refractivity contribution in [2.24, 2.45) is 0 Å². The largest absolute Gasteiger partial charge is 0.352 e. The van der Waals surface area contributed by atoms with Crippen LogP contribution in [0.25, 0.3) is 11.0 Å². The molecule has 0 aliphatic heterocycles. The van der Waals surface area contributed by atoms with E-state index in [1.807, 2.05) is 18.2 Å². The van der Waals surface area contributed by atoms with Crippen molar-refractivity contribution in [3.8, 4) is 0 Å². The monoisotopic (exact) mass is 207 g/mol. The fraction of sp³-hybridized carbons (Fsp3) is 0.100. The van der Waals surface area contributed by atoms with E-state index in [9.17, 15) is 0 Å². The third-order valence-electron chi connectivity index (χ3n) is 1.86. The van der Waals surface area contributed by atoms with Crippen LogP contribution < -0.4 is 5.32 Å². The molecule has 0 radical (unpaired) electrons. The molecule has 0 bridgehead atoms. The number of imidazole rings is 1. The van der Waals surface area contributed by atoms with Crippen LogP contribution in [0.1, 0.15) is 0 Å². The molecule has 1 aromatic carbocycles. The molecule has 0 spiro atoms. The molecule has 3 nitrogen and oxygen atoms in total. The molecule has 72 valence electrons. The quantitative estimate of drug-likeness (QED) is 0.760. The first-order valence-electron chi connectivity index (χ1n) is 4.29. The van der Waals surface area contributed by atoms with E-state index >= 15 is 0 Å². The number of H-pyrrole nitrogens is 1. The number of benzene rings is 1. The zero-order valence-corrected chi connectivity index (χ0v) is 8.30. The second-order valence-electron chi connectivity index (χ2n) is 2.92. The number of nitrogens with zero attached hydrogens (tertiary/aromatic N) is 1. The van der Waals surface area contributed by atoms with E-state index in [2.05, 4.69) is 21.9 Å². The average Bonchev–Trinajstić information content (AvgIpc) is 2.56. The molecule has 0 aliphatic rings. The Balaban J connectivity index is 2.36. The van der Waals surface area contributed by atoms with Crippen molar-refractivity contribution in [1.82, 2.24) is 9.97 Å². The minimum atomic E-state index is 0.688. The van der Waals surface area contributed by atoms with Crippen LogP contribution in [0.5, 0.6) is 0 Å². The first-order chi connectivity index (χ1) is 6.79. The van der Waals surface area contributed by atoms with Gasteiger partial charge in [-0.25, -0.2) is 4.98 Å². The van der Waals surface area contributed by atoms with Crippen LogP contribution in [0, 0.1) is 0 Å². The minimum absolute atomic E-state index is 0.688. The molecule has 0 aliphatic carbocycles. The zero-order chi connectivity index (χ0) is 9.97. The second-order valence-corrected chi connectivity index (χ2v) is 3.35. The van der Waals surface area contributed by atoms with Crippen LogP contribution in [0.4, 0.5) is 5.95 Å². The van der Waals surface area contributed by atoms with Crippen molar-refractivity contribution in [3.63, 3.8) is 0 Å². The maximum atomic E-state index is 5.85. The summed E-state index contributed by atoms with van der Waals surface area (Å²) in [7, 11) is 0. The number of hydrogen-bond donors (Lipinski definition) is 2. The van der Waals surface area contributed by atoms with Gasteiger partial charge in [0.2, 0.25) is 5.95 Å². The minimum Gasteiger partial charge on any atom is -0.352 e. The molecule has 0 unspecified atom stereocenters. The molecule has 0 fully saturated rings. The van der Waals surface area contributed by atoms with Crippen LogP contribution >= 0.6 is 11.6 Å². The van der Waals surface area contributed by atoms with Crippen LogP contribution in [0.15, 0.2) is 30.9 Å². The number of halogens is 1. The Morgan fingerprint density at radius 2 is 2.43 bits per heavy atom. The van der Waals surface area contributed by atoms with E-state index < -0.39 is 0 Å². The summed E-state index contributed by atoms with van der Waals surface area (Å²) in [6.45, 7) is 4.31. The lowest BCUT2D eigenvalue weighted by atomic mass is 10.3. The normalized spacial score (nSPS) is 10.4. The number of hydrogen-bond acceptors (Lipinski definition) is 2. The molecule has 0 saturated carbocycles. The molecule has 14 heavy (non-hydrogen) atoms. The molecule has 0 amide bonds. The fourth-order valence-corrected chi connectivity index (χ4v) is 1.41. The molecular weight excluding hydrogens is 198 g/mol. The van der Waals surface area contributed by atoms with Gasteiger partial charge < -0.3 is 10.3 Å². The van der Waals surface area contributed by atoms with E-state index in [4.69, 9.17) is 11.6 Å². The number of aromatic nitrogens is 2. The van der Waals surface area contributed by atoms with Gasteiger partial charge in [-0.05, 0) is 18.2 Å². The van der Waals surface area contributed by atoms with Crippen LogP contribution in [0.2, 0.25) is 5.02 Å². The van der Waals surface area contributed by atoms with Crippen molar-refractivity contribution < 1.29 is 0 Å². The third-order valence-corrected chi connectivity index (χ3v) is 2.09. The number of nitrogens with one attached hydrogen (secondary N) is 2. The summed E-state index contributed by atoms with van der Waals surface area (Å²) in [5.74, 6) is 0.738. The van der Waals surface area contributed by atoms with Crippen LogP contribution in [-0.4, -0.2) is 16.5 Å². The van der Waals surface area contributed by atoms with Crippen molar-refractivity contribution in [1.29, 1.82) is 0 Å². The van der Waals surface area contributed by atoms with E-state index in [0.717, 1.165) is 17.0 Å². The predicted octanol–water partition coefficient (Wildman–Crippen LogP) is 2.81. The van der Waals surface area contributed by atoms with Gasteiger partial charge in [-0.1, -0.05) is 17.7 Å².